The predicted molar refractivity (Wildman–Crippen MR) is 81.3 cm³/mol. The molecule has 21 heavy (non-hydrogen) atoms. The standard InChI is InChI=1S/C17H17NO3/c1-12-3-8-16-15(11-12)18(9-10-21-16)17(19)13-4-6-14(20-2)7-5-13/h3-8,11H,9-10H2,1-2H3. The van der Waals surface area contributed by atoms with E-state index in [4.69, 9.17) is 9.47 Å². The summed E-state index contributed by atoms with van der Waals surface area (Å²) in [6.45, 7) is 3.07. The Hall–Kier alpha value is -2.49. The quantitative estimate of drug-likeness (QED) is 0.850. The van der Waals surface area contributed by atoms with Crippen molar-refractivity contribution in [3.63, 3.8) is 0 Å². The molecule has 1 heterocycles. The maximum absolute atomic E-state index is 12.7. The summed E-state index contributed by atoms with van der Waals surface area (Å²) in [4.78, 5) is 14.5. The van der Waals surface area contributed by atoms with Crippen LogP contribution in [0.5, 0.6) is 11.5 Å². The van der Waals surface area contributed by atoms with Crippen molar-refractivity contribution in [3.8, 4) is 11.5 Å². The Morgan fingerprint density at radius 2 is 1.95 bits per heavy atom. The highest BCUT2D eigenvalue weighted by Gasteiger charge is 2.24. The number of hydrogen-bond donors (Lipinski definition) is 0. The number of ether oxygens (including phenoxy) is 2. The van der Waals surface area contributed by atoms with Crippen LogP contribution in [-0.2, 0) is 0 Å². The molecule has 0 aliphatic carbocycles. The lowest BCUT2D eigenvalue weighted by Crippen LogP contribution is -2.38. The van der Waals surface area contributed by atoms with Gasteiger partial charge in [0, 0.05) is 5.56 Å². The fourth-order valence-corrected chi connectivity index (χ4v) is 2.43. The van der Waals surface area contributed by atoms with E-state index < -0.39 is 0 Å². The van der Waals surface area contributed by atoms with Crippen molar-refractivity contribution in [1.29, 1.82) is 0 Å². The molecule has 0 radical (unpaired) electrons. The molecular weight excluding hydrogens is 266 g/mol. The van der Waals surface area contributed by atoms with Crippen LogP contribution in [-0.4, -0.2) is 26.2 Å². The number of amides is 1. The smallest absolute Gasteiger partial charge is 0.258 e. The van der Waals surface area contributed by atoms with Crippen molar-refractivity contribution in [2.45, 2.75) is 6.92 Å². The van der Waals surface area contributed by atoms with Crippen molar-refractivity contribution in [3.05, 3.63) is 53.6 Å². The highest BCUT2D eigenvalue weighted by molar-refractivity contribution is 6.07. The molecule has 0 aromatic heterocycles. The summed E-state index contributed by atoms with van der Waals surface area (Å²) in [7, 11) is 1.61. The molecule has 0 spiro atoms. The van der Waals surface area contributed by atoms with Gasteiger partial charge in [0.15, 0.2) is 0 Å². The van der Waals surface area contributed by atoms with Gasteiger partial charge in [0.1, 0.15) is 18.1 Å². The van der Waals surface area contributed by atoms with E-state index >= 15 is 0 Å². The molecule has 0 bridgehead atoms. The first-order valence-corrected chi connectivity index (χ1v) is 6.88. The van der Waals surface area contributed by atoms with Crippen LogP contribution in [0.2, 0.25) is 0 Å². The molecule has 108 valence electrons. The van der Waals surface area contributed by atoms with E-state index in [1.165, 1.54) is 0 Å². The minimum Gasteiger partial charge on any atom is -0.497 e. The second kappa shape index (κ2) is 5.48. The van der Waals surface area contributed by atoms with Crippen molar-refractivity contribution in [1.82, 2.24) is 0 Å². The molecule has 4 nitrogen and oxygen atoms in total. The molecule has 1 aliphatic heterocycles. The Balaban J connectivity index is 1.93. The molecule has 2 aromatic rings. The summed E-state index contributed by atoms with van der Waals surface area (Å²) in [6, 6.07) is 13.0. The van der Waals surface area contributed by atoms with Crippen LogP contribution in [0, 0.1) is 6.92 Å². The van der Waals surface area contributed by atoms with E-state index in [0.29, 0.717) is 18.7 Å². The number of carbonyl (C=O) groups is 1. The minimum atomic E-state index is -0.0206. The summed E-state index contributed by atoms with van der Waals surface area (Å²) in [5, 5.41) is 0. The molecule has 0 saturated carbocycles. The molecule has 0 N–H and O–H groups in total. The Bertz CT molecular complexity index is 664. The lowest BCUT2D eigenvalue weighted by Gasteiger charge is -2.30. The SMILES string of the molecule is COc1ccc(C(=O)N2CCOc3ccc(C)cc32)cc1. The third-order valence-corrected chi connectivity index (χ3v) is 3.56. The number of rotatable bonds is 2. The zero-order chi connectivity index (χ0) is 14.8. The van der Waals surface area contributed by atoms with Crippen LogP contribution in [0.1, 0.15) is 15.9 Å². The van der Waals surface area contributed by atoms with E-state index in [1.807, 2.05) is 25.1 Å². The summed E-state index contributed by atoms with van der Waals surface area (Å²) in [6.07, 6.45) is 0. The molecule has 0 fully saturated rings. The summed E-state index contributed by atoms with van der Waals surface area (Å²) in [5.41, 5.74) is 2.58. The van der Waals surface area contributed by atoms with Gasteiger partial charge in [-0.25, -0.2) is 0 Å². The van der Waals surface area contributed by atoms with Crippen molar-refractivity contribution < 1.29 is 14.3 Å². The molecule has 3 rings (SSSR count). The van der Waals surface area contributed by atoms with Crippen LogP contribution >= 0.6 is 0 Å². The monoisotopic (exact) mass is 283 g/mol. The fourth-order valence-electron chi connectivity index (χ4n) is 2.43. The van der Waals surface area contributed by atoms with Gasteiger partial charge < -0.3 is 14.4 Å². The molecule has 0 saturated heterocycles. The second-order valence-corrected chi connectivity index (χ2v) is 5.00. The van der Waals surface area contributed by atoms with Crippen molar-refractivity contribution >= 4 is 11.6 Å². The van der Waals surface area contributed by atoms with Gasteiger partial charge in [-0.2, -0.15) is 0 Å². The average molecular weight is 283 g/mol. The first kappa shape index (κ1) is 13.5. The molecule has 0 atom stereocenters. The lowest BCUT2D eigenvalue weighted by molar-refractivity contribution is 0.0976. The predicted octanol–water partition coefficient (Wildman–Crippen LogP) is 3.04. The Morgan fingerprint density at radius 3 is 2.67 bits per heavy atom. The number of benzene rings is 2. The first-order chi connectivity index (χ1) is 10.2. The van der Waals surface area contributed by atoms with Gasteiger partial charge in [0.05, 0.1) is 19.3 Å². The van der Waals surface area contributed by atoms with Gasteiger partial charge in [0.25, 0.3) is 5.91 Å². The van der Waals surface area contributed by atoms with Gasteiger partial charge in [0.2, 0.25) is 0 Å². The molecular formula is C17H17NO3. The minimum absolute atomic E-state index is 0.0206. The summed E-state index contributed by atoms with van der Waals surface area (Å²) in [5.74, 6) is 1.48. The number of methoxy groups -OCH3 is 1. The van der Waals surface area contributed by atoms with Gasteiger partial charge >= 0.3 is 0 Å². The van der Waals surface area contributed by atoms with Crippen LogP contribution in [0.25, 0.3) is 0 Å². The van der Waals surface area contributed by atoms with Gasteiger partial charge in [-0.1, -0.05) is 6.07 Å². The molecule has 1 amide bonds. The maximum atomic E-state index is 12.7. The van der Waals surface area contributed by atoms with Gasteiger partial charge in [-0.3, -0.25) is 4.79 Å². The van der Waals surface area contributed by atoms with Crippen LogP contribution < -0.4 is 14.4 Å². The summed E-state index contributed by atoms with van der Waals surface area (Å²) < 4.78 is 10.7. The number of anilines is 1. The number of carbonyl (C=O) groups excluding carboxylic acids is 1. The molecule has 1 aliphatic rings. The van der Waals surface area contributed by atoms with Crippen LogP contribution in [0.4, 0.5) is 5.69 Å². The Labute approximate surface area is 123 Å². The second-order valence-electron chi connectivity index (χ2n) is 5.00. The largest absolute Gasteiger partial charge is 0.497 e. The van der Waals surface area contributed by atoms with E-state index in [-0.39, 0.29) is 5.91 Å². The topological polar surface area (TPSA) is 38.8 Å². The molecule has 0 unspecified atom stereocenters. The van der Waals surface area contributed by atoms with Gasteiger partial charge in [-0.15, -0.1) is 0 Å². The van der Waals surface area contributed by atoms with E-state index in [0.717, 1.165) is 22.7 Å². The third-order valence-electron chi connectivity index (χ3n) is 3.56. The normalized spacial score (nSPS) is 13.3. The van der Waals surface area contributed by atoms with Crippen LogP contribution in [0.3, 0.4) is 0 Å². The Morgan fingerprint density at radius 1 is 1.19 bits per heavy atom. The number of nitrogens with zero attached hydrogens (tertiary/aromatic N) is 1. The average Bonchev–Trinajstić information content (AvgIpc) is 2.53. The van der Waals surface area contributed by atoms with Gasteiger partial charge in [-0.05, 0) is 48.9 Å². The highest BCUT2D eigenvalue weighted by atomic mass is 16.5. The van der Waals surface area contributed by atoms with Crippen LogP contribution in [0.15, 0.2) is 42.5 Å². The van der Waals surface area contributed by atoms with E-state index in [1.54, 1.807) is 36.3 Å². The third kappa shape index (κ3) is 2.57. The Kier molecular flexibility index (Phi) is 3.52. The molecule has 4 heteroatoms. The summed E-state index contributed by atoms with van der Waals surface area (Å²) >= 11 is 0. The zero-order valence-corrected chi connectivity index (χ0v) is 12.1. The first-order valence-electron chi connectivity index (χ1n) is 6.88. The fraction of sp³-hybridized carbons (Fsp3) is 0.235. The van der Waals surface area contributed by atoms with E-state index in [9.17, 15) is 4.79 Å². The van der Waals surface area contributed by atoms with Crippen molar-refractivity contribution in [2.75, 3.05) is 25.2 Å². The van der Waals surface area contributed by atoms with E-state index in [2.05, 4.69) is 0 Å². The lowest BCUT2D eigenvalue weighted by atomic mass is 10.1. The number of aryl methyl sites for hydroxylation is 1. The highest BCUT2D eigenvalue weighted by Crippen LogP contribution is 2.33. The van der Waals surface area contributed by atoms with Crippen molar-refractivity contribution in [2.24, 2.45) is 0 Å². The maximum Gasteiger partial charge on any atom is 0.258 e. The number of hydrogen-bond acceptors (Lipinski definition) is 3. The zero-order valence-electron chi connectivity index (χ0n) is 12.1. The molecule has 2 aromatic carbocycles. The number of fused-ring (bicyclic) bond motifs is 1.